The highest BCUT2D eigenvalue weighted by molar-refractivity contribution is 5.79. The highest BCUT2D eigenvalue weighted by atomic mass is 16.2. The summed E-state index contributed by atoms with van der Waals surface area (Å²) >= 11 is 0. The second kappa shape index (κ2) is 5.82. The maximum atomic E-state index is 12.0. The van der Waals surface area contributed by atoms with Crippen LogP contribution in [0.4, 0.5) is 0 Å². The molecule has 5 nitrogen and oxygen atoms in total. The van der Waals surface area contributed by atoms with Crippen LogP contribution in [0.3, 0.4) is 0 Å². The fraction of sp³-hybridized carbons (Fsp3) is 0.667. The lowest BCUT2D eigenvalue weighted by Gasteiger charge is -2.24. The van der Waals surface area contributed by atoms with Crippen molar-refractivity contribution >= 4 is 5.91 Å². The zero-order valence-electron chi connectivity index (χ0n) is 10.2. The van der Waals surface area contributed by atoms with Crippen LogP contribution in [0, 0.1) is 5.92 Å². The third-order valence-electron chi connectivity index (χ3n) is 3.10. The maximum Gasteiger partial charge on any atom is 0.224 e. The first-order chi connectivity index (χ1) is 8.25. The number of piperidine rings is 1. The Labute approximate surface area is 102 Å². The average Bonchev–Trinajstić information content (AvgIpc) is 2.82. The molecule has 0 aliphatic carbocycles. The van der Waals surface area contributed by atoms with Gasteiger partial charge in [0.15, 0.2) is 0 Å². The number of amides is 1. The summed E-state index contributed by atoms with van der Waals surface area (Å²) in [6, 6.07) is 0.138. The summed E-state index contributed by atoms with van der Waals surface area (Å²) in [5.74, 6) is 0.304. The van der Waals surface area contributed by atoms with Crippen LogP contribution < -0.4 is 10.6 Å². The number of carbonyl (C=O) groups is 1. The van der Waals surface area contributed by atoms with E-state index >= 15 is 0 Å². The van der Waals surface area contributed by atoms with Crippen molar-refractivity contribution < 1.29 is 4.79 Å². The van der Waals surface area contributed by atoms with Crippen LogP contribution in [0.25, 0.3) is 0 Å². The Morgan fingerprint density at radius 3 is 3.24 bits per heavy atom. The molecule has 0 saturated carbocycles. The van der Waals surface area contributed by atoms with Gasteiger partial charge in [-0.2, -0.15) is 0 Å². The van der Waals surface area contributed by atoms with Gasteiger partial charge in [-0.05, 0) is 26.3 Å². The van der Waals surface area contributed by atoms with Gasteiger partial charge >= 0.3 is 0 Å². The first-order valence-electron chi connectivity index (χ1n) is 6.22. The lowest BCUT2D eigenvalue weighted by Crippen LogP contribution is -2.44. The number of rotatable bonds is 4. The maximum absolute atomic E-state index is 12.0. The van der Waals surface area contributed by atoms with E-state index in [1.54, 1.807) is 12.5 Å². The third-order valence-corrected chi connectivity index (χ3v) is 3.10. The molecule has 1 unspecified atom stereocenters. The highest BCUT2D eigenvalue weighted by Crippen LogP contribution is 2.10. The van der Waals surface area contributed by atoms with Crippen molar-refractivity contribution in [2.45, 2.75) is 32.4 Å². The number of imidazole rings is 1. The number of carbonyl (C=O) groups excluding carboxylic acids is 1. The van der Waals surface area contributed by atoms with Crippen molar-refractivity contribution in [1.82, 2.24) is 20.2 Å². The first-order valence-corrected chi connectivity index (χ1v) is 6.22. The van der Waals surface area contributed by atoms with Gasteiger partial charge < -0.3 is 15.2 Å². The SMILES string of the molecule is CC(Cn1ccnc1)NC(=O)[C@@H]1CCCNC1. The topological polar surface area (TPSA) is 59.0 Å². The molecule has 1 amide bonds. The highest BCUT2D eigenvalue weighted by Gasteiger charge is 2.21. The molecule has 1 aliphatic rings. The number of nitrogens with zero attached hydrogens (tertiary/aromatic N) is 2. The molecule has 5 heteroatoms. The van der Waals surface area contributed by atoms with Gasteiger partial charge in [-0.3, -0.25) is 4.79 Å². The van der Waals surface area contributed by atoms with E-state index < -0.39 is 0 Å². The van der Waals surface area contributed by atoms with Crippen molar-refractivity contribution in [3.05, 3.63) is 18.7 Å². The summed E-state index contributed by atoms with van der Waals surface area (Å²) in [7, 11) is 0. The summed E-state index contributed by atoms with van der Waals surface area (Å²) in [5.41, 5.74) is 0. The second-order valence-electron chi connectivity index (χ2n) is 4.71. The van der Waals surface area contributed by atoms with Gasteiger partial charge in [-0.25, -0.2) is 4.98 Å². The Morgan fingerprint density at radius 1 is 1.71 bits per heavy atom. The van der Waals surface area contributed by atoms with Crippen LogP contribution in [0.1, 0.15) is 19.8 Å². The molecule has 0 spiro atoms. The zero-order valence-corrected chi connectivity index (χ0v) is 10.2. The normalized spacial score (nSPS) is 22.1. The molecule has 0 bridgehead atoms. The lowest BCUT2D eigenvalue weighted by molar-refractivity contribution is -0.126. The van der Waals surface area contributed by atoms with E-state index in [0.717, 1.165) is 32.5 Å². The predicted octanol–water partition coefficient (Wildman–Crippen LogP) is 0.387. The van der Waals surface area contributed by atoms with Crippen molar-refractivity contribution in [2.75, 3.05) is 13.1 Å². The van der Waals surface area contributed by atoms with Crippen molar-refractivity contribution in [2.24, 2.45) is 5.92 Å². The van der Waals surface area contributed by atoms with Gasteiger partial charge in [0, 0.05) is 31.5 Å². The quantitative estimate of drug-likeness (QED) is 0.795. The fourth-order valence-corrected chi connectivity index (χ4v) is 2.19. The lowest BCUT2D eigenvalue weighted by atomic mass is 9.98. The Morgan fingerprint density at radius 2 is 2.59 bits per heavy atom. The Kier molecular flexibility index (Phi) is 4.14. The van der Waals surface area contributed by atoms with Crippen molar-refractivity contribution in [3.63, 3.8) is 0 Å². The summed E-state index contributed by atoms with van der Waals surface area (Å²) in [5, 5.41) is 6.32. The minimum atomic E-state index is 0.133. The number of hydrogen-bond acceptors (Lipinski definition) is 3. The van der Waals surface area contributed by atoms with Crippen LogP contribution >= 0.6 is 0 Å². The van der Waals surface area contributed by atoms with Crippen molar-refractivity contribution in [1.29, 1.82) is 0 Å². The summed E-state index contributed by atoms with van der Waals surface area (Å²) in [4.78, 5) is 15.9. The van der Waals surface area contributed by atoms with Crippen LogP contribution in [-0.2, 0) is 11.3 Å². The molecule has 1 fully saturated rings. The molecule has 2 heterocycles. The number of hydrogen-bond donors (Lipinski definition) is 2. The Bertz CT molecular complexity index is 343. The molecule has 94 valence electrons. The van der Waals surface area contributed by atoms with E-state index in [9.17, 15) is 4.79 Å². The Balaban J connectivity index is 1.77. The molecule has 17 heavy (non-hydrogen) atoms. The van der Waals surface area contributed by atoms with Crippen LogP contribution in [0.2, 0.25) is 0 Å². The summed E-state index contributed by atoms with van der Waals surface area (Å²) < 4.78 is 1.98. The smallest absolute Gasteiger partial charge is 0.224 e. The van der Waals surface area contributed by atoms with Crippen LogP contribution in [-0.4, -0.2) is 34.6 Å². The predicted molar refractivity (Wildman–Crippen MR) is 65.4 cm³/mol. The average molecular weight is 236 g/mol. The van der Waals surface area contributed by atoms with Gasteiger partial charge in [0.25, 0.3) is 0 Å². The molecular formula is C12H20N4O. The number of nitrogens with one attached hydrogen (secondary N) is 2. The zero-order chi connectivity index (χ0) is 12.1. The van der Waals surface area contributed by atoms with Crippen molar-refractivity contribution in [3.8, 4) is 0 Å². The molecule has 2 rings (SSSR count). The monoisotopic (exact) mass is 236 g/mol. The largest absolute Gasteiger partial charge is 0.352 e. The summed E-state index contributed by atoms with van der Waals surface area (Å²) in [6.07, 6.45) is 7.51. The van der Waals surface area contributed by atoms with E-state index in [1.165, 1.54) is 0 Å². The van der Waals surface area contributed by atoms with E-state index in [0.29, 0.717) is 0 Å². The van der Waals surface area contributed by atoms with Gasteiger partial charge in [0.05, 0.1) is 12.2 Å². The van der Waals surface area contributed by atoms with Gasteiger partial charge in [-0.15, -0.1) is 0 Å². The first kappa shape index (κ1) is 12.1. The van der Waals surface area contributed by atoms with Gasteiger partial charge in [0.2, 0.25) is 5.91 Å². The van der Waals surface area contributed by atoms with Crippen LogP contribution in [0.5, 0.6) is 0 Å². The second-order valence-corrected chi connectivity index (χ2v) is 4.71. The third kappa shape index (κ3) is 3.56. The molecule has 0 aromatic carbocycles. The fourth-order valence-electron chi connectivity index (χ4n) is 2.19. The molecule has 2 N–H and O–H groups in total. The molecule has 2 atom stereocenters. The molecular weight excluding hydrogens is 216 g/mol. The molecule has 0 radical (unpaired) electrons. The molecule has 1 aromatic heterocycles. The van der Waals surface area contributed by atoms with Gasteiger partial charge in [0.1, 0.15) is 0 Å². The van der Waals surface area contributed by atoms with Crippen LogP contribution in [0.15, 0.2) is 18.7 Å². The van der Waals surface area contributed by atoms with E-state index in [-0.39, 0.29) is 17.9 Å². The minimum absolute atomic E-state index is 0.133. The van der Waals surface area contributed by atoms with E-state index in [2.05, 4.69) is 15.6 Å². The Hall–Kier alpha value is -1.36. The summed E-state index contributed by atoms with van der Waals surface area (Å²) in [6.45, 7) is 4.64. The molecule has 1 aliphatic heterocycles. The van der Waals surface area contributed by atoms with E-state index in [1.807, 2.05) is 17.7 Å². The van der Waals surface area contributed by atoms with E-state index in [4.69, 9.17) is 0 Å². The van der Waals surface area contributed by atoms with Gasteiger partial charge in [-0.1, -0.05) is 0 Å². The number of aromatic nitrogens is 2. The molecule has 1 saturated heterocycles. The standard InChI is InChI=1S/C12H20N4O/c1-10(8-16-6-5-14-9-16)15-12(17)11-3-2-4-13-7-11/h5-6,9-11,13H,2-4,7-8H2,1H3,(H,15,17)/t10?,11-/m1/s1. The molecule has 1 aromatic rings. The minimum Gasteiger partial charge on any atom is -0.352 e.